The first-order chi connectivity index (χ1) is 10.6. The van der Waals surface area contributed by atoms with Crippen molar-refractivity contribution in [3.05, 3.63) is 50.2 Å². The molecule has 1 unspecified atom stereocenters. The lowest BCUT2D eigenvalue weighted by molar-refractivity contribution is -0.384. The van der Waals surface area contributed by atoms with E-state index < -0.39 is 0 Å². The Bertz CT molecular complexity index is 734. The molecule has 0 fully saturated rings. The summed E-state index contributed by atoms with van der Waals surface area (Å²) in [5.74, 6) is 0. The van der Waals surface area contributed by atoms with E-state index in [0.29, 0.717) is 10.2 Å². The Balaban J connectivity index is 2.32. The van der Waals surface area contributed by atoms with Crippen molar-refractivity contribution in [3.8, 4) is 0 Å². The van der Waals surface area contributed by atoms with Gasteiger partial charge < -0.3 is 5.32 Å². The first-order valence-electron chi connectivity index (χ1n) is 7.36. The van der Waals surface area contributed by atoms with Crippen molar-refractivity contribution >= 4 is 27.3 Å². The van der Waals surface area contributed by atoms with Gasteiger partial charge in [0.05, 0.1) is 22.2 Å². The maximum Gasteiger partial charge on any atom is 0.293 e. The van der Waals surface area contributed by atoms with Crippen LogP contribution in [0.1, 0.15) is 45.0 Å². The van der Waals surface area contributed by atoms with E-state index >= 15 is 0 Å². The Morgan fingerprint density at radius 2 is 2.04 bits per heavy atom. The molecule has 6 nitrogen and oxygen atoms in total. The van der Waals surface area contributed by atoms with Crippen molar-refractivity contribution in [3.63, 3.8) is 0 Å². The normalized spacial score (nSPS) is 13.0. The van der Waals surface area contributed by atoms with Gasteiger partial charge in [-0.15, -0.1) is 0 Å². The summed E-state index contributed by atoms with van der Waals surface area (Å²) in [6.45, 7) is 10.2. The van der Waals surface area contributed by atoms with E-state index in [1.807, 2.05) is 24.7 Å². The summed E-state index contributed by atoms with van der Waals surface area (Å²) in [7, 11) is 0. The van der Waals surface area contributed by atoms with Crippen LogP contribution in [0.25, 0.3) is 0 Å². The molecule has 1 aromatic heterocycles. The zero-order chi connectivity index (χ0) is 17.4. The molecule has 124 valence electrons. The van der Waals surface area contributed by atoms with Crippen LogP contribution < -0.4 is 5.32 Å². The highest BCUT2D eigenvalue weighted by Gasteiger charge is 2.21. The number of nitrogens with one attached hydrogen (secondary N) is 1. The summed E-state index contributed by atoms with van der Waals surface area (Å²) >= 11 is 3.27. The minimum absolute atomic E-state index is 0.0482. The molecule has 2 rings (SSSR count). The van der Waals surface area contributed by atoms with Crippen LogP contribution in [0.5, 0.6) is 0 Å². The van der Waals surface area contributed by atoms with Crippen molar-refractivity contribution in [2.45, 2.75) is 46.2 Å². The van der Waals surface area contributed by atoms with Gasteiger partial charge >= 0.3 is 0 Å². The summed E-state index contributed by atoms with van der Waals surface area (Å²) in [6, 6.07) is 4.90. The number of benzene rings is 1. The first kappa shape index (κ1) is 17.5. The van der Waals surface area contributed by atoms with Crippen molar-refractivity contribution < 1.29 is 4.92 Å². The Kier molecular flexibility index (Phi) is 4.79. The van der Waals surface area contributed by atoms with Gasteiger partial charge in [-0.1, -0.05) is 15.9 Å². The number of anilines is 1. The summed E-state index contributed by atoms with van der Waals surface area (Å²) in [5.41, 5.74) is 2.38. The molecule has 1 aromatic carbocycles. The number of nitro groups is 1. The molecule has 0 aliphatic rings. The molecule has 7 heteroatoms. The average Bonchev–Trinajstić information content (AvgIpc) is 2.82. The minimum atomic E-state index is -0.384. The molecule has 0 saturated carbocycles. The molecule has 1 heterocycles. The molecule has 0 aliphatic carbocycles. The zero-order valence-corrected chi connectivity index (χ0v) is 15.5. The van der Waals surface area contributed by atoms with E-state index in [1.165, 1.54) is 6.07 Å². The van der Waals surface area contributed by atoms with Crippen molar-refractivity contribution in [1.82, 2.24) is 9.78 Å². The second-order valence-corrected chi connectivity index (χ2v) is 7.49. The number of nitro benzene ring substituents is 1. The van der Waals surface area contributed by atoms with Crippen LogP contribution >= 0.6 is 15.9 Å². The smallest absolute Gasteiger partial charge is 0.293 e. The van der Waals surface area contributed by atoms with Gasteiger partial charge in [0.15, 0.2) is 0 Å². The third kappa shape index (κ3) is 3.90. The Morgan fingerprint density at radius 1 is 1.39 bits per heavy atom. The average molecular weight is 381 g/mol. The van der Waals surface area contributed by atoms with E-state index in [0.717, 1.165) is 11.3 Å². The number of hydrogen-bond acceptors (Lipinski definition) is 4. The molecule has 0 radical (unpaired) electrons. The highest BCUT2D eigenvalue weighted by atomic mass is 79.9. The van der Waals surface area contributed by atoms with E-state index in [9.17, 15) is 10.1 Å². The molecule has 2 aromatic rings. The lowest BCUT2D eigenvalue weighted by atomic mass is 10.1. The van der Waals surface area contributed by atoms with E-state index in [2.05, 4.69) is 47.1 Å². The van der Waals surface area contributed by atoms with E-state index in [-0.39, 0.29) is 22.2 Å². The van der Waals surface area contributed by atoms with Gasteiger partial charge in [-0.25, -0.2) is 0 Å². The van der Waals surface area contributed by atoms with Gasteiger partial charge in [0, 0.05) is 22.3 Å². The van der Waals surface area contributed by atoms with Gasteiger partial charge in [-0.05, 0) is 46.8 Å². The lowest BCUT2D eigenvalue weighted by Gasteiger charge is -2.19. The molecule has 0 aliphatic heterocycles. The molecule has 1 N–H and O–H groups in total. The standard InChI is InChI=1S/C16H21BrN4O2/c1-10(13-9-20(16(3,4)5)19-11(13)2)18-14-7-6-12(17)8-15(14)21(22)23/h6-10,18H,1-5H3. The highest BCUT2D eigenvalue weighted by Crippen LogP contribution is 2.31. The number of halogens is 1. The van der Waals surface area contributed by atoms with Gasteiger partial charge in [0.2, 0.25) is 0 Å². The first-order valence-corrected chi connectivity index (χ1v) is 8.16. The van der Waals surface area contributed by atoms with Crippen molar-refractivity contribution in [2.24, 2.45) is 0 Å². The van der Waals surface area contributed by atoms with Crippen LogP contribution in [-0.4, -0.2) is 14.7 Å². The Labute approximate surface area is 144 Å². The van der Waals surface area contributed by atoms with Gasteiger partial charge in [0.25, 0.3) is 5.69 Å². The van der Waals surface area contributed by atoms with Crippen LogP contribution in [0, 0.1) is 17.0 Å². The number of hydrogen-bond donors (Lipinski definition) is 1. The largest absolute Gasteiger partial charge is 0.373 e. The van der Waals surface area contributed by atoms with Crippen LogP contribution in [0.4, 0.5) is 11.4 Å². The van der Waals surface area contributed by atoms with Crippen LogP contribution in [0.3, 0.4) is 0 Å². The Morgan fingerprint density at radius 3 is 2.57 bits per heavy atom. The monoisotopic (exact) mass is 380 g/mol. The molecule has 0 saturated heterocycles. The molecule has 0 spiro atoms. The summed E-state index contributed by atoms with van der Waals surface area (Å²) < 4.78 is 2.60. The molecule has 0 bridgehead atoms. The van der Waals surface area contributed by atoms with Crippen LogP contribution in [0.15, 0.2) is 28.9 Å². The number of aromatic nitrogens is 2. The molecule has 0 amide bonds. The van der Waals surface area contributed by atoms with E-state index in [4.69, 9.17) is 0 Å². The zero-order valence-electron chi connectivity index (χ0n) is 13.9. The topological polar surface area (TPSA) is 73.0 Å². The number of nitrogens with zero attached hydrogens (tertiary/aromatic N) is 3. The third-order valence-electron chi connectivity index (χ3n) is 3.62. The van der Waals surface area contributed by atoms with Gasteiger partial charge in [0.1, 0.15) is 5.69 Å². The minimum Gasteiger partial charge on any atom is -0.373 e. The predicted molar refractivity (Wildman–Crippen MR) is 94.8 cm³/mol. The molecular formula is C16H21BrN4O2. The van der Waals surface area contributed by atoms with Gasteiger partial charge in [-0.2, -0.15) is 5.10 Å². The second kappa shape index (κ2) is 6.31. The number of aryl methyl sites for hydroxylation is 1. The van der Waals surface area contributed by atoms with Crippen LogP contribution in [-0.2, 0) is 5.54 Å². The summed E-state index contributed by atoms with van der Waals surface area (Å²) in [4.78, 5) is 10.8. The second-order valence-electron chi connectivity index (χ2n) is 6.57. The molecule has 23 heavy (non-hydrogen) atoms. The fraction of sp³-hybridized carbons (Fsp3) is 0.438. The SMILES string of the molecule is Cc1nn(C(C)(C)C)cc1C(C)Nc1ccc(Br)cc1[N+](=O)[O-]. The number of rotatable bonds is 4. The Hall–Kier alpha value is -1.89. The fourth-order valence-corrected chi connectivity index (χ4v) is 2.68. The summed E-state index contributed by atoms with van der Waals surface area (Å²) in [5, 5.41) is 19.0. The maximum absolute atomic E-state index is 11.2. The third-order valence-corrected chi connectivity index (χ3v) is 4.11. The fourth-order valence-electron chi connectivity index (χ4n) is 2.33. The lowest BCUT2D eigenvalue weighted by Crippen LogP contribution is -2.22. The van der Waals surface area contributed by atoms with Gasteiger partial charge in [-0.3, -0.25) is 14.8 Å². The molecular weight excluding hydrogens is 360 g/mol. The van der Waals surface area contributed by atoms with Crippen LogP contribution in [0.2, 0.25) is 0 Å². The highest BCUT2D eigenvalue weighted by molar-refractivity contribution is 9.10. The summed E-state index contributed by atoms with van der Waals surface area (Å²) in [6.07, 6.45) is 2.00. The maximum atomic E-state index is 11.2. The molecule has 1 atom stereocenters. The predicted octanol–water partition coefficient (Wildman–Crippen LogP) is 4.79. The van der Waals surface area contributed by atoms with E-state index in [1.54, 1.807) is 12.1 Å². The van der Waals surface area contributed by atoms with Crippen molar-refractivity contribution in [1.29, 1.82) is 0 Å². The van der Waals surface area contributed by atoms with Crippen molar-refractivity contribution in [2.75, 3.05) is 5.32 Å². The quantitative estimate of drug-likeness (QED) is 0.611.